The third kappa shape index (κ3) is 4.21. The van der Waals surface area contributed by atoms with Crippen LogP contribution >= 0.6 is 11.8 Å². The molecule has 0 aliphatic heterocycles. The maximum absolute atomic E-state index is 12.2. The van der Waals surface area contributed by atoms with Gasteiger partial charge in [0.25, 0.3) is 0 Å². The molecule has 27 heavy (non-hydrogen) atoms. The molecule has 144 valence electrons. The van der Waals surface area contributed by atoms with Crippen molar-refractivity contribution < 1.29 is 4.79 Å². The predicted molar refractivity (Wildman–Crippen MR) is 109 cm³/mol. The van der Waals surface area contributed by atoms with Gasteiger partial charge < -0.3 is 9.88 Å². The van der Waals surface area contributed by atoms with Gasteiger partial charge in [0.2, 0.25) is 5.91 Å². The summed E-state index contributed by atoms with van der Waals surface area (Å²) >= 11 is 1.48. The highest BCUT2D eigenvalue weighted by Gasteiger charge is 2.19. The van der Waals surface area contributed by atoms with E-state index in [1.807, 2.05) is 0 Å². The van der Waals surface area contributed by atoms with Crippen LogP contribution in [0.2, 0.25) is 0 Å². The summed E-state index contributed by atoms with van der Waals surface area (Å²) in [5.74, 6) is 1.41. The van der Waals surface area contributed by atoms with E-state index in [2.05, 4.69) is 45.2 Å². The van der Waals surface area contributed by atoms with E-state index in [1.54, 1.807) is 0 Å². The van der Waals surface area contributed by atoms with Crippen molar-refractivity contribution in [3.8, 4) is 11.4 Å². The summed E-state index contributed by atoms with van der Waals surface area (Å²) in [5.41, 5.74) is 4.06. The Hall–Kier alpha value is -1.82. The number of aryl methyl sites for hydroxylation is 2. The fraction of sp³-hybridized carbons (Fsp3) is 0.571. The van der Waals surface area contributed by atoms with E-state index in [0.717, 1.165) is 42.4 Å². The van der Waals surface area contributed by atoms with Crippen LogP contribution in [0.25, 0.3) is 11.4 Å². The summed E-state index contributed by atoms with van der Waals surface area (Å²) in [7, 11) is 0. The van der Waals surface area contributed by atoms with Crippen LogP contribution in [0.5, 0.6) is 0 Å². The Labute approximate surface area is 165 Å². The van der Waals surface area contributed by atoms with Gasteiger partial charge in [-0.25, -0.2) is 0 Å². The first kappa shape index (κ1) is 18.5. The SMILES string of the molecule is CCn1c(SCC(=O)NC2CCCC2)nnc1-c1ccc2c(c1)CCCC2. The number of aromatic nitrogens is 3. The molecule has 1 aromatic carbocycles. The molecular formula is C21H28N4OS. The Morgan fingerprint density at radius 3 is 2.70 bits per heavy atom. The van der Waals surface area contributed by atoms with Crippen molar-refractivity contribution in [3.05, 3.63) is 29.3 Å². The first-order chi connectivity index (χ1) is 13.2. The first-order valence-electron chi connectivity index (χ1n) is 10.2. The van der Waals surface area contributed by atoms with E-state index in [4.69, 9.17) is 0 Å². The minimum atomic E-state index is 0.105. The van der Waals surface area contributed by atoms with E-state index in [0.29, 0.717) is 11.8 Å². The normalized spacial score (nSPS) is 17.1. The standard InChI is InChI=1S/C21H28N4OS/c1-2-25-20(17-12-11-15-7-3-4-8-16(15)13-17)23-24-21(25)27-14-19(26)22-18-9-5-6-10-18/h11-13,18H,2-10,14H2,1H3,(H,22,26). The highest BCUT2D eigenvalue weighted by Crippen LogP contribution is 2.29. The molecule has 1 aromatic heterocycles. The second kappa shape index (κ2) is 8.46. The van der Waals surface area contributed by atoms with Crippen LogP contribution in [-0.2, 0) is 24.2 Å². The smallest absolute Gasteiger partial charge is 0.230 e. The number of hydrogen-bond acceptors (Lipinski definition) is 4. The number of benzene rings is 1. The molecule has 0 bridgehead atoms. The van der Waals surface area contributed by atoms with E-state index < -0.39 is 0 Å². The number of nitrogens with zero attached hydrogens (tertiary/aromatic N) is 3. The summed E-state index contributed by atoms with van der Waals surface area (Å²) in [4.78, 5) is 12.2. The molecule has 5 nitrogen and oxygen atoms in total. The van der Waals surface area contributed by atoms with Crippen LogP contribution in [0.1, 0.15) is 56.6 Å². The lowest BCUT2D eigenvalue weighted by atomic mass is 9.90. The molecule has 6 heteroatoms. The lowest BCUT2D eigenvalue weighted by molar-refractivity contribution is -0.119. The summed E-state index contributed by atoms with van der Waals surface area (Å²) in [5, 5.41) is 12.8. The third-order valence-electron chi connectivity index (χ3n) is 5.69. The zero-order valence-corrected chi connectivity index (χ0v) is 16.9. The molecule has 0 atom stereocenters. The Kier molecular flexibility index (Phi) is 5.81. The van der Waals surface area contributed by atoms with Crippen molar-refractivity contribution in [2.75, 3.05) is 5.75 Å². The molecule has 2 aliphatic rings. The number of amides is 1. The van der Waals surface area contributed by atoms with E-state index in [-0.39, 0.29) is 5.91 Å². The van der Waals surface area contributed by atoms with Crippen molar-refractivity contribution in [2.24, 2.45) is 0 Å². The molecular weight excluding hydrogens is 356 g/mol. The fourth-order valence-electron chi connectivity index (χ4n) is 4.24. The Morgan fingerprint density at radius 1 is 1.15 bits per heavy atom. The van der Waals surface area contributed by atoms with Crippen molar-refractivity contribution in [2.45, 2.75) is 76.0 Å². The van der Waals surface area contributed by atoms with Gasteiger partial charge >= 0.3 is 0 Å². The lowest BCUT2D eigenvalue weighted by Gasteiger charge is -2.16. The predicted octanol–water partition coefficient (Wildman–Crippen LogP) is 3.99. The second-order valence-electron chi connectivity index (χ2n) is 7.58. The molecule has 1 fully saturated rings. The number of hydrogen-bond donors (Lipinski definition) is 1. The number of nitrogens with one attached hydrogen (secondary N) is 1. The minimum absolute atomic E-state index is 0.105. The quantitative estimate of drug-likeness (QED) is 0.765. The maximum Gasteiger partial charge on any atom is 0.230 e. The van der Waals surface area contributed by atoms with E-state index in [9.17, 15) is 4.79 Å². The van der Waals surface area contributed by atoms with Gasteiger partial charge in [-0.2, -0.15) is 0 Å². The lowest BCUT2D eigenvalue weighted by Crippen LogP contribution is -2.33. The van der Waals surface area contributed by atoms with Crippen molar-refractivity contribution in [3.63, 3.8) is 0 Å². The molecule has 1 amide bonds. The molecule has 2 aromatic rings. The highest BCUT2D eigenvalue weighted by molar-refractivity contribution is 7.99. The van der Waals surface area contributed by atoms with Crippen molar-refractivity contribution in [1.29, 1.82) is 0 Å². The average molecular weight is 385 g/mol. The largest absolute Gasteiger partial charge is 0.353 e. The van der Waals surface area contributed by atoms with Crippen LogP contribution in [-0.4, -0.2) is 32.5 Å². The van der Waals surface area contributed by atoms with Crippen LogP contribution in [0.3, 0.4) is 0 Å². The molecule has 1 saturated carbocycles. The van der Waals surface area contributed by atoms with Gasteiger partial charge in [0, 0.05) is 18.2 Å². The molecule has 0 spiro atoms. The van der Waals surface area contributed by atoms with Gasteiger partial charge in [0.05, 0.1) is 5.75 Å². The van der Waals surface area contributed by atoms with Crippen LogP contribution in [0.4, 0.5) is 0 Å². The van der Waals surface area contributed by atoms with Crippen LogP contribution in [0.15, 0.2) is 23.4 Å². The van der Waals surface area contributed by atoms with Crippen LogP contribution < -0.4 is 5.32 Å². The molecule has 4 rings (SSSR count). The van der Waals surface area contributed by atoms with Gasteiger partial charge in [-0.15, -0.1) is 10.2 Å². The Morgan fingerprint density at radius 2 is 1.93 bits per heavy atom. The number of thioether (sulfide) groups is 1. The van der Waals surface area contributed by atoms with Crippen LogP contribution in [0, 0.1) is 0 Å². The maximum atomic E-state index is 12.2. The van der Waals surface area contributed by atoms with Gasteiger partial charge in [-0.3, -0.25) is 4.79 Å². The summed E-state index contributed by atoms with van der Waals surface area (Å²) in [6.07, 6.45) is 9.60. The monoisotopic (exact) mass is 384 g/mol. The molecule has 1 N–H and O–H groups in total. The molecule has 0 radical (unpaired) electrons. The summed E-state index contributed by atoms with van der Waals surface area (Å²) in [6, 6.07) is 7.07. The van der Waals surface area contributed by atoms with Crippen molar-refractivity contribution in [1.82, 2.24) is 20.1 Å². The molecule has 0 unspecified atom stereocenters. The Balaban J connectivity index is 1.46. The minimum Gasteiger partial charge on any atom is -0.353 e. The highest BCUT2D eigenvalue weighted by atomic mass is 32.2. The Bertz CT molecular complexity index is 811. The summed E-state index contributed by atoms with van der Waals surface area (Å²) < 4.78 is 2.12. The van der Waals surface area contributed by atoms with Gasteiger partial charge in [-0.1, -0.05) is 36.7 Å². The topological polar surface area (TPSA) is 59.8 Å². The van der Waals surface area contributed by atoms with E-state index >= 15 is 0 Å². The number of carbonyl (C=O) groups is 1. The molecule has 2 aliphatic carbocycles. The molecule has 0 saturated heterocycles. The summed E-state index contributed by atoms with van der Waals surface area (Å²) in [6.45, 7) is 2.90. The zero-order chi connectivity index (χ0) is 18.6. The van der Waals surface area contributed by atoms with E-state index in [1.165, 1.54) is 55.0 Å². The molecule has 1 heterocycles. The third-order valence-corrected chi connectivity index (χ3v) is 6.66. The van der Waals surface area contributed by atoms with Crippen molar-refractivity contribution >= 4 is 17.7 Å². The fourth-order valence-corrected chi connectivity index (χ4v) is 5.05. The van der Waals surface area contributed by atoms with Gasteiger partial charge in [0.1, 0.15) is 0 Å². The second-order valence-corrected chi connectivity index (χ2v) is 8.52. The number of fused-ring (bicyclic) bond motifs is 1. The first-order valence-corrected chi connectivity index (χ1v) is 11.2. The number of rotatable bonds is 6. The zero-order valence-electron chi connectivity index (χ0n) is 16.0. The van der Waals surface area contributed by atoms with Gasteiger partial charge in [-0.05, 0) is 62.6 Å². The number of carbonyl (C=O) groups excluding carboxylic acids is 1. The van der Waals surface area contributed by atoms with Gasteiger partial charge in [0.15, 0.2) is 11.0 Å². The average Bonchev–Trinajstić information content (AvgIpc) is 3.35.